The Morgan fingerprint density at radius 1 is 0.900 bits per heavy atom. The molecule has 4 amide bonds. The van der Waals surface area contributed by atoms with Crippen LogP contribution in [0, 0.1) is 5.92 Å². The lowest BCUT2D eigenvalue weighted by atomic mass is 10.0. The molecule has 0 aliphatic heterocycles. The van der Waals surface area contributed by atoms with Crippen LogP contribution in [0.1, 0.15) is 45.1 Å². The van der Waals surface area contributed by atoms with Crippen molar-refractivity contribution in [2.45, 2.75) is 70.1 Å². The molecule has 2 rings (SSSR count). The summed E-state index contributed by atoms with van der Waals surface area (Å²) in [7, 11) is 0. The van der Waals surface area contributed by atoms with Crippen molar-refractivity contribution in [3.05, 3.63) is 36.0 Å². The number of aromatic amines is 1. The van der Waals surface area contributed by atoms with Crippen LogP contribution in [0.4, 0.5) is 0 Å². The monoisotopic (exact) mass is 560 g/mol. The first-order chi connectivity index (χ1) is 18.8. The van der Waals surface area contributed by atoms with Gasteiger partial charge < -0.3 is 42.6 Å². The van der Waals surface area contributed by atoms with Gasteiger partial charge in [-0.15, -0.1) is 0 Å². The lowest BCUT2D eigenvalue weighted by Gasteiger charge is -2.25. The van der Waals surface area contributed by atoms with Crippen LogP contribution < -0.4 is 27.4 Å². The van der Waals surface area contributed by atoms with Crippen molar-refractivity contribution in [2.24, 2.45) is 17.4 Å². The first-order valence-electron chi connectivity index (χ1n) is 12.7. The second-order valence-electron chi connectivity index (χ2n) is 9.92. The molecule has 4 atom stereocenters. The molecule has 40 heavy (non-hydrogen) atoms. The van der Waals surface area contributed by atoms with E-state index < -0.39 is 72.6 Å². The summed E-state index contributed by atoms with van der Waals surface area (Å²) in [5, 5.41) is 26.7. The summed E-state index contributed by atoms with van der Waals surface area (Å²) in [6, 6.07) is 1.92. The van der Waals surface area contributed by atoms with Crippen LogP contribution >= 0.6 is 0 Å². The van der Waals surface area contributed by atoms with E-state index in [0.717, 1.165) is 10.9 Å². The number of nitrogens with one attached hydrogen (secondary N) is 4. The third-order valence-corrected chi connectivity index (χ3v) is 6.09. The molecule has 10 N–H and O–H groups in total. The average Bonchev–Trinajstić information content (AvgIpc) is 3.27. The SMILES string of the molecule is CC(C)CC(NC(=O)C(CCC(=O)O)NC(=O)C(Cc1c[nH]c2ccccc12)NC(=O)C(N)CC(N)=O)C(=O)O. The molecule has 0 radical (unpaired) electrons. The van der Waals surface area contributed by atoms with Crippen molar-refractivity contribution in [1.29, 1.82) is 0 Å². The average molecular weight is 561 g/mol. The van der Waals surface area contributed by atoms with Crippen molar-refractivity contribution >= 4 is 46.5 Å². The van der Waals surface area contributed by atoms with E-state index >= 15 is 0 Å². The molecular formula is C26H36N6O8. The first kappa shape index (κ1) is 31.8. The Kier molecular flexibility index (Phi) is 11.6. The largest absolute Gasteiger partial charge is 0.481 e. The van der Waals surface area contributed by atoms with Crippen LogP contribution in [0.2, 0.25) is 0 Å². The number of para-hydroxylation sites is 1. The van der Waals surface area contributed by atoms with Crippen LogP contribution in [-0.2, 0) is 35.2 Å². The minimum Gasteiger partial charge on any atom is -0.481 e. The van der Waals surface area contributed by atoms with Gasteiger partial charge in [0.05, 0.1) is 12.5 Å². The number of fused-ring (bicyclic) bond motifs is 1. The predicted molar refractivity (Wildman–Crippen MR) is 144 cm³/mol. The summed E-state index contributed by atoms with van der Waals surface area (Å²) in [5.41, 5.74) is 12.3. The van der Waals surface area contributed by atoms with Gasteiger partial charge in [-0.05, 0) is 30.4 Å². The van der Waals surface area contributed by atoms with Gasteiger partial charge in [0, 0.05) is 29.9 Å². The molecule has 0 bridgehead atoms. The van der Waals surface area contributed by atoms with Gasteiger partial charge in [0.2, 0.25) is 23.6 Å². The minimum absolute atomic E-state index is 0.0523. The molecule has 0 spiro atoms. The lowest BCUT2D eigenvalue weighted by Crippen LogP contribution is -2.58. The molecule has 4 unspecified atom stereocenters. The van der Waals surface area contributed by atoms with Crippen LogP contribution in [0.3, 0.4) is 0 Å². The van der Waals surface area contributed by atoms with E-state index in [1.807, 2.05) is 12.1 Å². The molecule has 0 aliphatic carbocycles. The number of primary amides is 1. The number of carbonyl (C=O) groups is 6. The topological polar surface area (TPSA) is 247 Å². The molecule has 14 heteroatoms. The fourth-order valence-corrected chi connectivity index (χ4v) is 4.09. The lowest BCUT2D eigenvalue weighted by molar-refractivity contribution is -0.143. The second-order valence-corrected chi connectivity index (χ2v) is 9.92. The van der Waals surface area contributed by atoms with Gasteiger partial charge in [-0.3, -0.25) is 24.0 Å². The zero-order chi connectivity index (χ0) is 30.0. The van der Waals surface area contributed by atoms with Crippen LogP contribution in [-0.4, -0.2) is 74.9 Å². The first-order valence-corrected chi connectivity index (χ1v) is 12.7. The molecule has 218 valence electrons. The summed E-state index contributed by atoms with van der Waals surface area (Å²) in [5.74, 6) is -5.97. The summed E-state index contributed by atoms with van der Waals surface area (Å²) in [4.78, 5) is 76.3. The third-order valence-electron chi connectivity index (χ3n) is 6.09. The Balaban J connectivity index is 2.32. The van der Waals surface area contributed by atoms with Gasteiger partial charge in [-0.2, -0.15) is 0 Å². The maximum absolute atomic E-state index is 13.4. The van der Waals surface area contributed by atoms with Crippen molar-refractivity contribution in [1.82, 2.24) is 20.9 Å². The number of hydrogen-bond acceptors (Lipinski definition) is 7. The number of H-pyrrole nitrogens is 1. The molecule has 1 aromatic carbocycles. The fraction of sp³-hybridized carbons (Fsp3) is 0.462. The smallest absolute Gasteiger partial charge is 0.326 e. The van der Waals surface area contributed by atoms with E-state index in [4.69, 9.17) is 16.6 Å². The van der Waals surface area contributed by atoms with Gasteiger partial charge in [0.1, 0.15) is 18.1 Å². The number of aliphatic carboxylic acids is 2. The third kappa shape index (κ3) is 9.69. The molecule has 0 saturated heterocycles. The quantitative estimate of drug-likeness (QED) is 0.130. The highest BCUT2D eigenvalue weighted by atomic mass is 16.4. The zero-order valence-corrected chi connectivity index (χ0v) is 22.3. The number of carboxylic acid groups (broad SMARTS) is 2. The van der Waals surface area contributed by atoms with Crippen molar-refractivity contribution < 1.29 is 39.0 Å². The van der Waals surface area contributed by atoms with E-state index in [1.165, 1.54) is 0 Å². The Bertz CT molecular complexity index is 1240. The molecule has 1 heterocycles. The second kappa shape index (κ2) is 14.6. The molecule has 0 fully saturated rings. The zero-order valence-electron chi connectivity index (χ0n) is 22.3. The number of carboxylic acids is 2. The Labute approximate surface area is 230 Å². The summed E-state index contributed by atoms with van der Waals surface area (Å²) in [6.45, 7) is 3.54. The van der Waals surface area contributed by atoms with E-state index in [1.54, 1.807) is 32.2 Å². The van der Waals surface area contributed by atoms with Crippen molar-refractivity contribution in [3.63, 3.8) is 0 Å². The standard InChI is InChI=1S/C26H36N6O8/c1-13(2)9-20(26(39)40)32-24(37)18(7-8-22(34)35)30-25(38)19(31-23(36)16(27)11-21(28)33)10-14-12-29-17-6-4-3-5-15(14)17/h3-6,12-13,16,18-20,29H,7-11,27H2,1-2H3,(H2,28,33)(H,30,38)(H,31,36)(H,32,37)(H,34,35)(H,39,40). The molecule has 1 aromatic heterocycles. The number of rotatable bonds is 16. The van der Waals surface area contributed by atoms with E-state index in [2.05, 4.69) is 20.9 Å². The minimum atomic E-state index is -1.42. The number of benzene rings is 1. The van der Waals surface area contributed by atoms with E-state index in [-0.39, 0.29) is 25.2 Å². The molecule has 14 nitrogen and oxygen atoms in total. The molecule has 0 saturated carbocycles. The predicted octanol–water partition coefficient (Wildman–Crippen LogP) is -0.637. The Morgan fingerprint density at radius 2 is 1.50 bits per heavy atom. The van der Waals surface area contributed by atoms with Gasteiger partial charge >= 0.3 is 11.9 Å². The number of nitrogens with two attached hydrogens (primary N) is 2. The van der Waals surface area contributed by atoms with Crippen LogP contribution in [0.25, 0.3) is 10.9 Å². The molecule has 2 aromatic rings. The highest BCUT2D eigenvalue weighted by Gasteiger charge is 2.31. The van der Waals surface area contributed by atoms with E-state index in [0.29, 0.717) is 5.56 Å². The van der Waals surface area contributed by atoms with Crippen LogP contribution in [0.5, 0.6) is 0 Å². The van der Waals surface area contributed by atoms with Gasteiger partial charge in [-0.25, -0.2) is 4.79 Å². The summed E-state index contributed by atoms with van der Waals surface area (Å²) < 4.78 is 0. The highest BCUT2D eigenvalue weighted by Crippen LogP contribution is 2.19. The normalized spacial score (nSPS) is 14.1. The molecule has 0 aliphatic rings. The van der Waals surface area contributed by atoms with E-state index in [9.17, 15) is 33.9 Å². The van der Waals surface area contributed by atoms with Crippen molar-refractivity contribution in [2.75, 3.05) is 0 Å². The fourth-order valence-electron chi connectivity index (χ4n) is 4.09. The highest BCUT2D eigenvalue weighted by molar-refractivity contribution is 5.95. The van der Waals surface area contributed by atoms with Gasteiger partial charge in [0.15, 0.2) is 0 Å². The van der Waals surface area contributed by atoms with Crippen molar-refractivity contribution in [3.8, 4) is 0 Å². The summed E-state index contributed by atoms with van der Waals surface area (Å²) >= 11 is 0. The van der Waals surface area contributed by atoms with Gasteiger partial charge in [-0.1, -0.05) is 32.0 Å². The number of carbonyl (C=O) groups excluding carboxylic acids is 4. The summed E-state index contributed by atoms with van der Waals surface area (Å²) in [6.07, 6.45) is 0.405. The maximum atomic E-state index is 13.4. The Hall–Kier alpha value is -4.46. The van der Waals surface area contributed by atoms with Crippen LogP contribution in [0.15, 0.2) is 30.5 Å². The number of amides is 4. The number of aromatic nitrogens is 1. The maximum Gasteiger partial charge on any atom is 0.326 e. The Morgan fingerprint density at radius 3 is 2.10 bits per heavy atom. The van der Waals surface area contributed by atoms with Gasteiger partial charge in [0.25, 0.3) is 0 Å². The molecular weight excluding hydrogens is 524 g/mol. The number of hydrogen-bond donors (Lipinski definition) is 8.